The van der Waals surface area contributed by atoms with E-state index in [1.54, 1.807) is 15.7 Å². The summed E-state index contributed by atoms with van der Waals surface area (Å²) in [5.41, 5.74) is 2.51. The van der Waals surface area contributed by atoms with Gasteiger partial charge in [-0.15, -0.1) is 11.8 Å². The first kappa shape index (κ1) is 23.5. The van der Waals surface area contributed by atoms with Gasteiger partial charge < -0.3 is 15.3 Å². The molecule has 0 fully saturated rings. The van der Waals surface area contributed by atoms with Crippen LogP contribution in [0.1, 0.15) is 49.1 Å². The Balaban J connectivity index is 2.22. The summed E-state index contributed by atoms with van der Waals surface area (Å²) in [5.74, 6) is 4.70. The van der Waals surface area contributed by atoms with Crippen molar-refractivity contribution in [3.63, 3.8) is 0 Å². The largest absolute Gasteiger partial charge is 0.507 e. The number of aromatic hydroxyl groups is 3. The molecule has 2 aromatic rings. The van der Waals surface area contributed by atoms with Crippen molar-refractivity contribution in [2.24, 2.45) is 0 Å². The molecule has 0 amide bonds. The minimum absolute atomic E-state index is 0.00981. The van der Waals surface area contributed by atoms with E-state index in [2.05, 4.69) is 11.8 Å². The molecule has 2 atom stereocenters. The van der Waals surface area contributed by atoms with Gasteiger partial charge in [0.05, 0.1) is 5.25 Å². The third-order valence-electron chi connectivity index (χ3n) is 4.98. The second kappa shape index (κ2) is 9.82. The van der Waals surface area contributed by atoms with E-state index in [0.29, 0.717) is 16.5 Å². The Hall–Kier alpha value is -2.78. The van der Waals surface area contributed by atoms with Crippen LogP contribution in [0.3, 0.4) is 0 Å². The fourth-order valence-corrected chi connectivity index (χ4v) is 4.24. The Morgan fingerprint density at radius 1 is 0.967 bits per heavy atom. The lowest BCUT2D eigenvalue weighted by Crippen LogP contribution is -2.26. The lowest BCUT2D eigenvalue weighted by molar-refractivity contribution is -0.121. The summed E-state index contributed by atoms with van der Waals surface area (Å²) < 4.78 is 0. The van der Waals surface area contributed by atoms with Crippen LogP contribution >= 0.6 is 11.8 Å². The number of benzene rings is 2. The zero-order valence-corrected chi connectivity index (χ0v) is 18.6. The van der Waals surface area contributed by atoms with Gasteiger partial charge in [-0.25, -0.2) is 0 Å². The van der Waals surface area contributed by atoms with Crippen LogP contribution in [-0.2, 0) is 9.59 Å². The summed E-state index contributed by atoms with van der Waals surface area (Å²) in [6, 6.07) is 7.40. The van der Waals surface area contributed by atoms with Crippen molar-refractivity contribution < 1.29 is 24.9 Å². The molecule has 154 valence electrons. The van der Waals surface area contributed by atoms with Crippen molar-refractivity contribution >= 4 is 49.9 Å². The summed E-state index contributed by atoms with van der Waals surface area (Å²) in [6.45, 7) is 4.97. The molecule has 5 nitrogen and oxygen atoms in total. The van der Waals surface area contributed by atoms with Crippen LogP contribution in [-0.4, -0.2) is 47.8 Å². The number of hydrogen-bond acceptors (Lipinski definition) is 6. The summed E-state index contributed by atoms with van der Waals surface area (Å²) in [6.07, 6.45) is 0.226. The smallest absolute Gasteiger partial charge is 0.176 e. The molecule has 0 saturated carbocycles. The average molecular weight is 422 g/mol. The highest BCUT2D eigenvalue weighted by molar-refractivity contribution is 8.00. The van der Waals surface area contributed by atoms with E-state index in [4.69, 9.17) is 0 Å². The third kappa shape index (κ3) is 5.43. The van der Waals surface area contributed by atoms with E-state index in [1.165, 1.54) is 25.6 Å². The van der Waals surface area contributed by atoms with Crippen molar-refractivity contribution in [2.45, 2.75) is 37.7 Å². The first-order chi connectivity index (χ1) is 14.0. The highest BCUT2D eigenvalue weighted by Crippen LogP contribution is 2.34. The van der Waals surface area contributed by atoms with Gasteiger partial charge in [0.15, 0.2) is 11.5 Å². The molecule has 8 heteroatoms. The van der Waals surface area contributed by atoms with E-state index in [0.717, 1.165) is 5.56 Å². The zero-order valence-electron chi connectivity index (χ0n) is 17.7. The first-order valence-corrected chi connectivity index (χ1v) is 10.5. The normalized spacial score (nSPS) is 12.5. The Bertz CT molecular complexity index is 1010. The molecule has 30 heavy (non-hydrogen) atoms. The van der Waals surface area contributed by atoms with Gasteiger partial charge in [0, 0.05) is 17.2 Å². The van der Waals surface area contributed by atoms with Crippen molar-refractivity contribution in [2.75, 3.05) is 0 Å². The van der Waals surface area contributed by atoms with Crippen LogP contribution in [0.2, 0.25) is 0 Å². The molecule has 0 aromatic heterocycles. The minimum atomic E-state index is -0.439. The molecule has 0 aliphatic rings. The van der Waals surface area contributed by atoms with E-state index in [1.807, 2.05) is 31.2 Å². The first-order valence-electron chi connectivity index (χ1n) is 9.54. The molecule has 2 rings (SSSR count). The maximum atomic E-state index is 11.8. The van der Waals surface area contributed by atoms with E-state index >= 15 is 0 Å². The highest BCUT2D eigenvalue weighted by Gasteiger charge is 2.21. The molecular formula is C22H24B2O5S. The second-order valence-corrected chi connectivity index (χ2v) is 8.87. The number of phenols is 3. The van der Waals surface area contributed by atoms with Crippen LogP contribution in [0.4, 0.5) is 0 Å². The summed E-state index contributed by atoms with van der Waals surface area (Å²) >= 11 is 1.46. The number of phenolic OH excluding ortho intramolecular Hbond substituents is 3. The van der Waals surface area contributed by atoms with Crippen LogP contribution in [0.25, 0.3) is 0 Å². The number of thioether (sulfide) groups is 1. The van der Waals surface area contributed by atoms with Gasteiger partial charge in [0.2, 0.25) is 0 Å². The molecule has 0 bridgehead atoms. The standard InChI is InChI=1S/C22H24B2O5S/c1-11(25)10-17(12(2)26)30-13(3)15-7-4-14(5-8-15)6-9-16-20(27)18(23)19(24)22(29)21(16)28/h4-5,7-8,13,17,27-29H,10,23-24H2,1-3H3. The van der Waals surface area contributed by atoms with E-state index < -0.39 is 5.75 Å². The Kier molecular flexibility index (Phi) is 7.69. The van der Waals surface area contributed by atoms with Crippen LogP contribution in [0.15, 0.2) is 24.3 Å². The van der Waals surface area contributed by atoms with Gasteiger partial charge in [0.1, 0.15) is 38.6 Å². The van der Waals surface area contributed by atoms with Crippen molar-refractivity contribution in [1.82, 2.24) is 0 Å². The molecule has 0 heterocycles. The molecule has 2 aromatic carbocycles. The molecule has 2 unspecified atom stereocenters. The zero-order chi connectivity index (χ0) is 22.6. The number of carbonyl (C=O) groups is 2. The number of carbonyl (C=O) groups excluding carboxylic acids is 2. The van der Waals surface area contributed by atoms with Crippen LogP contribution in [0.5, 0.6) is 17.2 Å². The topological polar surface area (TPSA) is 94.8 Å². The van der Waals surface area contributed by atoms with Crippen molar-refractivity contribution in [3.05, 3.63) is 41.0 Å². The predicted molar refractivity (Wildman–Crippen MR) is 126 cm³/mol. The van der Waals surface area contributed by atoms with Crippen molar-refractivity contribution in [3.8, 4) is 29.1 Å². The lowest BCUT2D eigenvalue weighted by atomic mass is 9.78. The Morgan fingerprint density at radius 2 is 1.53 bits per heavy atom. The molecule has 0 saturated heterocycles. The molecule has 3 N–H and O–H groups in total. The Labute approximate surface area is 182 Å². The fraction of sp³-hybridized carbons (Fsp3) is 0.273. The van der Waals surface area contributed by atoms with E-state index in [9.17, 15) is 24.9 Å². The van der Waals surface area contributed by atoms with Crippen LogP contribution < -0.4 is 10.9 Å². The highest BCUT2D eigenvalue weighted by atomic mass is 32.2. The lowest BCUT2D eigenvalue weighted by Gasteiger charge is -2.18. The number of Topliss-reactive ketones (excluding diaryl/α,β-unsaturated/α-hetero) is 2. The maximum absolute atomic E-state index is 11.8. The summed E-state index contributed by atoms with van der Waals surface area (Å²) in [7, 11) is 3.25. The molecule has 0 aliphatic carbocycles. The number of hydrogen-bond donors (Lipinski definition) is 3. The van der Waals surface area contributed by atoms with Crippen molar-refractivity contribution in [1.29, 1.82) is 0 Å². The Morgan fingerprint density at radius 3 is 2.07 bits per heavy atom. The minimum Gasteiger partial charge on any atom is -0.507 e. The second-order valence-electron chi connectivity index (χ2n) is 7.33. The van der Waals surface area contributed by atoms with Gasteiger partial charge in [-0.05, 0) is 49.4 Å². The monoisotopic (exact) mass is 422 g/mol. The van der Waals surface area contributed by atoms with Gasteiger partial charge in [-0.2, -0.15) is 0 Å². The summed E-state index contributed by atoms with van der Waals surface area (Å²) in [5, 5.41) is 30.0. The quantitative estimate of drug-likeness (QED) is 0.271. The van der Waals surface area contributed by atoms with Gasteiger partial charge in [0.25, 0.3) is 0 Å². The maximum Gasteiger partial charge on any atom is 0.176 e. The van der Waals surface area contributed by atoms with Gasteiger partial charge in [-0.3, -0.25) is 9.59 Å². The average Bonchev–Trinajstić information content (AvgIpc) is 2.70. The summed E-state index contributed by atoms with van der Waals surface area (Å²) in [4.78, 5) is 23.2. The fourth-order valence-electron chi connectivity index (χ4n) is 2.92. The molecule has 0 spiro atoms. The molecular weight excluding hydrogens is 398 g/mol. The molecule has 0 radical (unpaired) electrons. The third-order valence-corrected chi connectivity index (χ3v) is 6.48. The van der Waals surface area contributed by atoms with Gasteiger partial charge in [-0.1, -0.05) is 24.0 Å². The predicted octanol–water partition coefficient (Wildman–Crippen LogP) is 0.451. The number of ketones is 2. The van der Waals surface area contributed by atoms with Crippen LogP contribution in [0, 0.1) is 11.8 Å². The SMILES string of the molecule is Bc1c(B)c(O)c(C#Cc2ccc(C(C)SC(CC(C)=O)C(C)=O)cc2)c(O)c1O. The van der Waals surface area contributed by atoms with E-state index in [-0.39, 0.29) is 45.5 Å². The van der Waals surface area contributed by atoms with Gasteiger partial charge >= 0.3 is 0 Å². The number of rotatable bonds is 6. The molecule has 0 aliphatic heterocycles.